The van der Waals surface area contributed by atoms with Gasteiger partial charge in [0.15, 0.2) is 6.61 Å². The van der Waals surface area contributed by atoms with Crippen LogP contribution in [-0.4, -0.2) is 18.8 Å². The van der Waals surface area contributed by atoms with Gasteiger partial charge in [0.05, 0.1) is 0 Å². The maximum atomic E-state index is 13.1. The van der Waals surface area contributed by atoms with Crippen LogP contribution in [0.1, 0.15) is 14.5 Å². The van der Waals surface area contributed by atoms with Crippen LogP contribution in [0.4, 0.5) is 26.3 Å². The minimum atomic E-state index is -4.75. The van der Waals surface area contributed by atoms with Gasteiger partial charge in [-0.1, -0.05) is 30.3 Å². The Bertz CT molecular complexity index is 688. The predicted molar refractivity (Wildman–Crippen MR) is 71.1 cm³/mol. The zero-order chi connectivity index (χ0) is 17.3. The summed E-state index contributed by atoms with van der Waals surface area (Å²) in [4.78, 5) is 9.93. The standard InChI is InChI=1S/C14H8F6O2S/c15-13(16,17)7-22-12(21)10-6-9(8-4-2-1-3-5-8)11(23-10)14(18,19)20/h1-6H,7H2. The number of thiophene rings is 1. The van der Waals surface area contributed by atoms with Crippen molar-refractivity contribution in [2.75, 3.05) is 6.61 Å². The lowest BCUT2D eigenvalue weighted by Gasteiger charge is -2.07. The number of alkyl halides is 6. The van der Waals surface area contributed by atoms with Crippen molar-refractivity contribution in [2.45, 2.75) is 12.4 Å². The summed E-state index contributed by atoms with van der Waals surface area (Å²) >= 11 is 0.0531. The maximum absolute atomic E-state index is 13.1. The van der Waals surface area contributed by atoms with E-state index in [0.29, 0.717) is 0 Å². The lowest BCUT2D eigenvalue weighted by Crippen LogP contribution is -2.19. The number of benzene rings is 1. The van der Waals surface area contributed by atoms with E-state index in [-0.39, 0.29) is 22.5 Å². The van der Waals surface area contributed by atoms with Gasteiger partial charge in [0.2, 0.25) is 0 Å². The summed E-state index contributed by atoms with van der Waals surface area (Å²) in [6.07, 6.45) is -9.49. The van der Waals surface area contributed by atoms with Crippen LogP contribution in [0.3, 0.4) is 0 Å². The Balaban J connectivity index is 2.37. The molecule has 0 unspecified atom stereocenters. The number of hydrogen-bond acceptors (Lipinski definition) is 3. The van der Waals surface area contributed by atoms with Gasteiger partial charge in [-0.05, 0) is 11.6 Å². The summed E-state index contributed by atoms with van der Waals surface area (Å²) in [7, 11) is 0. The zero-order valence-electron chi connectivity index (χ0n) is 11.2. The van der Waals surface area contributed by atoms with Crippen LogP contribution in [0.25, 0.3) is 11.1 Å². The second kappa shape index (κ2) is 6.23. The van der Waals surface area contributed by atoms with Gasteiger partial charge in [-0.3, -0.25) is 0 Å². The van der Waals surface area contributed by atoms with Crippen molar-refractivity contribution in [1.82, 2.24) is 0 Å². The highest BCUT2D eigenvalue weighted by Crippen LogP contribution is 2.43. The van der Waals surface area contributed by atoms with Crippen LogP contribution >= 0.6 is 11.3 Å². The summed E-state index contributed by atoms with van der Waals surface area (Å²) in [5.74, 6) is -1.44. The van der Waals surface area contributed by atoms with E-state index < -0.39 is 34.7 Å². The topological polar surface area (TPSA) is 26.3 Å². The average molecular weight is 354 g/mol. The van der Waals surface area contributed by atoms with Crippen molar-refractivity contribution < 1.29 is 35.9 Å². The first kappa shape index (κ1) is 17.3. The van der Waals surface area contributed by atoms with E-state index in [4.69, 9.17) is 0 Å². The molecule has 0 atom stereocenters. The molecule has 9 heteroatoms. The van der Waals surface area contributed by atoms with Crippen molar-refractivity contribution in [3.8, 4) is 11.1 Å². The Hall–Kier alpha value is -2.03. The number of carbonyl (C=O) groups excluding carboxylic acids is 1. The van der Waals surface area contributed by atoms with Gasteiger partial charge in [-0.25, -0.2) is 4.79 Å². The molecule has 0 aliphatic heterocycles. The Labute approximate surface area is 130 Å². The number of esters is 1. The first-order valence-corrected chi connectivity index (χ1v) is 6.90. The number of ether oxygens (including phenoxy) is 1. The minimum absolute atomic E-state index is 0.0531. The third kappa shape index (κ3) is 4.47. The van der Waals surface area contributed by atoms with Crippen molar-refractivity contribution in [2.24, 2.45) is 0 Å². The largest absolute Gasteiger partial charge is 0.452 e. The quantitative estimate of drug-likeness (QED) is 0.563. The van der Waals surface area contributed by atoms with Gasteiger partial charge in [-0.2, -0.15) is 26.3 Å². The number of hydrogen-bond donors (Lipinski definition) is 0. The van der Waals surface area contributed by atoms with Crippen molar-refractivity contribution >= 4 is 17.3 Å². The van der Waals surface area contributed by atoms with E-state index in [2.05, 4.69) is 4.74 Å². The molecule has 1 heterocycles. The molecule has 0 saturated carbocycles. The summed E-state index contributed by atoms with van der Waals surface area (Å²) < 4.78 is 79.2. The van der Waals surface area contributed by atoms with Crippen molar-refractivity contribution in [1.29, 1.82) is 0 Å². The first-order valence-electron chi connectivity index (χ1n) is 6.08. The molecular weight excluding hydrogens is 346 g/mol. The van der Waals surface area contributed by atoms with Crippen LogP contribution in [-0.2, 0) is 10.9 Å². The molecule has 0 aliphatic carbocycles. The average Bonchev–Trinajstić information content (AvgIpc) is 2.90. The highest BCUT2D eigenvalue weighted by molar-refractivity contribution is 7.14. The van der Waals surface area contributed by atoms with Crippen LogP contribution in [0.15, 0.2) is 36.4 Å². The molecule has 1 aromatic carbocycles. The molecule has 0 saturated heterocycles. The fraction of sp³-hybridized carbons (Fsp3) is 0.214. The van der Waals surface area contributed by atoms with Gasteiger partial charge in [0, 0.05) is 5.56 Å². The molecule has 124 valence electrons. The first-order chi connectivity index (χ1) is 10.6. The second-order valence-corrected chi connectivity index (χ2v) is 5.46. The van der Waals surface area contributed by atoms with Crippen LogP contribution in [0.2, 0.25) is 0 Å². The maximum Gasteiger partial charge on any atom is 0.426 e. The van der Waals surface area contributed by atoms with Gasteiger partial charge < -0.3 is 4.74 Å². The van der Waals surface area contributed by atoms with E-state index in [1.54, 1.807) is 6.07 Å². The van der Waals surface area contributed by atoms with E-state index >= 15 is 0 Å². The number of carbonyl (C=O) groups is 1. The van der Waals surface area contributed by atoms with Crippen molar-refractivity contribution in [3.05, 3.63) is 46.2 Å². The fourth-order valence-electron chi connectivity index (χ4n) is 1.75. The van der Waals surface area contributed by atoms with Crippen LogP contribution in [0.5, 0.6) is 0 Å². The second-order valence-electron chi connectivity index (χ2n) is 4.41. The van der Waals surface area contributed by atoms with E-state index in [1.165, 1.54) is 24.3 Å². The Kier molecular flexibility index (Phi) is 4.69. The van der Waals surface area contributed by atoms with E-state index in [9.17, 15) is 31.1 Å². The molecule has 0 radical (unpaired) electrons. The monoisotopic (exact) mass is 354 g/mol. The zero-order valence-corrected chi connectivity index (χ0v) is 12.0. The molecule has 2 nitrogen and oxygen atoms in total. The third-order valence-corrected chi connectivity index (χ3v) is 3.80. The fourth-order valence-corrected chi connectivity index (χ4v) is 2.69. The highest BCUT2D eigenvalue weighted by Gasteiger charge is 2.38. The van der Waals surface area contributed by atoms with Gasteiger partial charge in [0.25, 0.3) is 0 Å². The highest BCUT2D eigenvalue weighted by atomic mass is 32.1. The Morgan fingerprint density at radius 1 is 1.04 bits per heavy atom. The van der Waals surface area contributed by atoms with E-state index in [1.807, 2.05) is 0 Å². The van der Waals surface area contributed by atoms with Gasteiger partial charge >= 0.3 is 18.3 Å². The SMILES string of the molecule is O=C(OCC(F)(F)F)c1cc(-c2ccccc2)c(C(F)(F)F)s1. The minimum Gasteiger partial charge on any atom is -0.452 e. The predicted octanol–water partition coefficient (Wildman–Crippen LogP) is 5.15. The normalized spacial score (nSPS) is 12.3. The number of rotatable bonds is 3. The summed E-state index contributed by atoms with van der Waals surface area (Å²) in [6, 6.07) is 8.32. The molecule has 0 amide bonds. The lowest BCUT2D eigenvalue weighted by molar-refractivity contribution is -0.161. The molecule has 23 heavy (non-hydrogen) atoms. The lowest BCUT2D eigenvalue weighted by atomic mass is 10.1. The van der Waals surface area contributed by atoms with Crippen LogP contribution < -0.4 is 0 Å². The molecule has 0 aliphatic rings. The smallest absolute Gasteiger partial charge is 0.426 e. The Morgan fingerprint density at radius 2 is 1.65 bits per heavy atom. The Morgan fingerprint density at radius 3 is 2.17 bits per heavy atom. The third-order valence-electron chi connectivity index (χ3n) is 2.64. The molecule has 2 rings (SSSR count). The summed E-state index contributed by atoms with van der Waals surface area (Å²) in [6.45, 7) is -1.86. The molecule has 1 aromatic heterocycles. The molecule has 0 fully saturated rings. The van der Waals surface area contributed by atoms with Gasteiger partial charge in [0.1, 0.15) is 9.75 Å². The van der Waals surface area contributed by atoms with E-state index in [0.717, 1.165) is 6.07 Å². The summed E-state index contributed by atoms with van der Waals surface area (Å²) in [5, 5.41) is 0. The number of halogens is 6. The molecule has 0 N–H and O–H groups in total. The van der Waals surface area contributed by atoms with Gasteiger partial charge in [-0.15, -0.1) is 11.3 Å². The molecule has 0 spiro atoms. The molecular formula is C14H8F6O2S. The van der Waals surface area contributed by atoms with Crippen LogP contribution in [0, 0.1) is 0 Å². The molecule has 0 bridgehead atoms. The van der Waals surface area contributed by atoms with Crippen molar-refractivity contribution in [3.63, 3.8) is 0 Å². The summed E-state index contributed by atoms with van der Waals surface area (Å²) in [5.41, 5.74) is -0.0759. The molecule has 2 aromatic rings.